The molecule has 0 atom stereocenters. The Balaban J connectivity index is 1.57. The van der Waals surface area contributed by atoms with Gasteiger partial charge in [0.1, 0.15) is 12.7 Å². The Morgan fingerprint density at radius 2 is 2.17 bits per heavy atom. The van der Waals surface area contributed by atoms with Crippen molar-refractivity contribution in [3.63, 3.8) is 0 Å². The molecule has 0 spiro atoms. The van der Waals surface area contributed by atoms with Gasteiger partial charge in [-0.3, -0.25) is 4.79 Å². The van der Waals surface area contributed by atoms with Crippen LogP contribution in [-0.4, -0.2) is 25.7 Å². The van der Waals surface area contributed by atoms with Gasteiger partial charge in [0.05, 0.1) is 17.2 Å². The molecule has 0 aliphatic heterocycles. The van der Waals surface area contributed by atoms with Crippen molar-refractivity contribution in [2.75, 3.05) is 5.32 Å². The zero-order valence-corrected chi connectivity index (χ0v) is 13.3. The predicted octanol–water partition coefficient (Wildman–Crippen LogP) is 2.74. The second-order valence-electron chi connectivity index (χ2n) is 4.90. The minimum absolute atomic E-state index is 0.181. The number of aryl methyl sites for hydroxylation is 1. The third-order valence-corrected chi connectivity index (χ3v) is 3.87. The molecule has 0 radical (unpaired) electrons. The van der Waals surface area contributed by atoms with Gasteiger partial charge in [-0.2, -0.15) is 5.10 Å². The quantitative estimate of drug-likeness (QED) is 0.732. The van der Waals surface area contributed by atoms with Gasteiger partial charge in [0.2, 0.25) is 5.91 Å². The van der Waals surface area contributed by atoms with Gasteiger partial charge in [0, 0.05) is 17.1 Å². The van der Waals surface area contributed by atoms with Crippen LogP contribution in [0.3, 0.4) is 0 Å². The molecule has 116 valence electrons. The van der Waals surface area contributed by atoms with Crippen molar-refractivity contribution >= 4 is 29.0 Å². The first-order valence-corrected chi connectivity index (χ1v) is 7.89. The number of nitrogens with one attached hydrogen (secondary N) is 1. The zero-order valence-electron chi connectivity index (χ0n) is 12.5. The molecule has 0 saturated heterocycles. The van der Waals surface area contributed by atoms with Gasteiger partial charge in [-0.25, -0.2) is 14.6 Å². The Morgan fingerprint density at radius 3 is 2.83 bits per heavy atom. The number of carbonyl (C=O) groups is 1. The molecule has 1 aromatic carbocycles. The number of hydrogen-bond acceptors (Lipinski definition) is 5. The maximum absolute atomic E-state index is 11.9. The monoisotopic (exact) mass is 325 g/mol. The van der Waals surface area contributed by atoms with Crippen molar-refractivity contribution in [2.45, 2.75) is 13.5 Å². The molecule has 0 unspecified atom stereocenters. The third-order valence-electron chi connectivity index (χ3n) is 3.07. The largest absolute Gasteiger partial charge is 0.323 e. The van der Waals surface area contributed by atoms with Crippen molar-refractivity contribution in [3.8, 4) is 0 Å². The Bertz CT molecular complexity index is 805. The van der Waals surface area contributed by atoms with Crippen molar-refractivity contribution in [1.82, 2.24) is 19.7 Å². The van der Waals surface area contributed by atoms with Crippen LogP contribution in [0.1, 0.15) is 16.3 Å². The summed E-state index contributed by atoms with van der Waals surface area (Å²) in [5.41, 5.74) is 2.63. The number of nitrogens with zero attached hydrogens (tertiary/aromatic N) is 4. The fourth-order valence-corrected chi connectivity index (χ4v) is 2.58. The average molecular weight is 325 g/mol. The first-order valence-electron chi connectivity index (χ1n) is 7.01. The highest BCUT2D eigenvalue weighted by Gasteiger charge is 2.00. The van der Waals surface area contributed by atoms with E-state index in [2.05, 4.69) is 20.4 Å². The summed E-state index contributed by atoms with van der Waals surface area (Å²) in [7, 11) is 0. The molecular formula is C16H15N5OS. The predicted molar refractivity (Wildman–Crippen MR) is 90.1 cm³/mol. The van der Waals surface area contributed by atoms with Crippen LogP contribution in [0.2, 0.25) is 0 Å². The Hall–Kier alpha value is -2.80. The molecule has 0 bridgehead atoms. The molecule has 2 heterocycles. The number of aromatic nitrogens is 4. The van der Waals surface area contributed by atoms with Gasteiger partial charge in [-0.1, -0.05) is 12.1 Å². The van der Waals surface area contributed by atoms with Crippen LogP contribution in [0.25, 0.3) is 6.08 Å². The van der Waals surface area contributed by atoms with Crippen molar-refractivity contribution in [1.29, 1.82) is 0 Å². The molecule has 3 rings (SSSR count). The molecule has 0 aliphatic rings. The molecule has 3 aromatic rings. The van der Waals surface area contributed by atoms with Gasteiger partial charge in [-0.15, -0.1) is 11.3 Å². The lowest BCUT2D eigenvalue weighted by molar-refractivity contribution is -0.111. The lowest BCUT2D eigenvalue weighted by Gasteiger charge is -2.04. The van der Waals surface area contributed by atoms with E-state index in [0.717, 1.165) is 22.0 Å². The summed E-state index contributed by atoms with van der Waals surface area (Å²) in [4.78, 5) is 20.1. The third kappa shape index (κ3) is 4.33. The minimum atomic E-state index is -0.181. The van der Waals surface area contributed by atoms with Crippen LogP contribution < -0.4 is 5.32 Å². The van der Waals surface area contributed by atoms with Gasteiger partial charge in [-0.05, 0) is 30.7 Å². The molecule has 1 N–H and O–H groups in total. The SMILES string of the molecule is Cc1nc(/C=C/C(=O)Nc2ccc(Cn3cncn3)cc2)cs1. The molecule has 23 heavy (non-hydrogen) atoms. The lowest BCUT2D eigenvalue weighted by Crippen LogP contribution is -2.08. The van der Waals surface area contributed by atoms with Crippen molar-refractivity contribution in [2.24, 2.45) is 0 Å². The minimum Gasteiger partial charge on any atom is -0.323 e. The van der Waals surface area contributed by atoms with E-state index < -0.39 is 0 Å². The molecule has 0 fully saturated rings. The van der Waals surface area contributed by atoms with Crippen LogP contribution in [0.4, 0.5) is 5.69 Å². The topological polar surface area (TPSA) is 72.7 Å². The summed E-state index contributed by atoms with van der Waals surface area (Å²) in [5, 5.41) is 9.77. The van der Waals surface area contributed by atoms with E-state index in [9.17, 15) is 4.79 Å². The van der Waals surface area contributed by atoms with Gasteiger partial charge < -0.3 is 5.32 Å². The van der Waals surface area contributed by atoms with Gasteiger partial charge >= 0.3 is 0 Å². The highest BCUT2D eigenvalue weighted by molar-refractivity contribution is 7.09. The standard InChI is InChI=1S/C16H15N5OS/c1-12-19-15(9-23-12)6-7-16(22)20-14-4-2-13(3-5-14)8-21-11-17-10-18-21/h2-7,9-11H,8H2,1H3,(H,20,22)/b7-6+. The summed E-state index contributed by atoms with van der Waals surface area (Å²) >= 11 is 1.56. The fraction of sp³-hybridized carbons (Fsp3) is 0.125. The van der Waals surface area contributed by atoms with Crippen LogP contribution in [0.5, 0.6) is 0 Å². The number of hydrogen-bond donors (Lipinski definition) is 1. The smallest absolute Gasteiger partial charge is 0.248 e. The number of amides is 1. The van der Waals surface area contributed by atoms with Crippen molar-refractivity contribution in [3.05, 3.63) is 64.6 Å². The number of carbonyl (C=O) groups excluding carboxylic acids is 1. The van der Waals surface area contributed by atoms with Gasteiger partial charge in [0.25, 0.3) is 0 Å². The summed E-state index contributed by atoms with van der Waals surface area (Å²) in [6.45, 7) is 2.58. The zero-order chi connectivity index (χ0) is 16.1. The number of rotatable bonds is 5. The average Bonchev–Trinajstić information content (AvgIpc) is 3.19. The summed E-state index contributed by atoms with van der Waals surface area (Å²) in [6.07, 6.45) is 6.36. The van der Waals surface area contributed by atoms with Crippen LogP contribution >= 0.6 is 11.3 Å². The van der Waals surface area contributed by atoms with E-state index in [-0.39, 0.29) is 5.91 Å². The lowest BCUT2D eigenvalue weighted by atomic mass is 10.2. The Kier molecular flexibility index (Phi) is 4.58. The molecular weight excluding hydrogens is 310 g/mol. The molecule has 0 saturated carbocycles. The van der Waals surface area contributed by atoms with E-state index in [4.69, 9.17) is 0 Å². The highest BCUT2D eigenvalue weighted by atomic mass is 32.1. The summed E-state index contributed by atoms with van der Waals surface area (Å²) in [6, 6.07) is 7.63. The number of benzene rings is 1. The Morgan fingerprint density at radius 1 is 1.35 bits per heavy atom. The maximum Gasteiger partial charge on any atom is 0.248 e. The first-order chi connectivity index (χ1) is 11.2. The molecule has 2 aromatic heterocycles. The van der Waals surface area contributed by atoms with Gasteiger partial charge in [0.15, 0.2) is 0 Å². The van der Waals surface area contributed by atoms with Crippen LogP contribution in [0, 0.1) is 6.92 Å². The second kappa shape index (κ2) is 6.97. The number of thiazole rings is 1. The number of anilines is 1. The van der Waals surface area contributed by atoms with E-state index in [1.165, 1.54) is 12.4 Å². The molecule has 6 nitrogen and oxygen atoms in total. The van der Waals surface area contributed by atoms with Crippen LogP contribution in [0.15, 0.2) is 48.4 Å². The second-order valence-corrected chi connectivity index (χ2v) is 5.97. The molecule has 7 heteroatoms. The Labute approximate surface area is 137 Å². The van der Waals surface area contributed by atoms with Crippen LogP contribution in [-0.2, 0) is 11.3 Å². The summed E-state index contributed by atoms with van der Waals surface area (Å²) in [5.74, 6) is -0.181. The normalized spacial score (nSPS) is 11.0. The first kappa shape index (κ1) is 15.1. The molecule has 0 aliphatic carbocycles. The van der Waals surface area contributed by atoms with E-state index in [1.54, 1.807) is 28.4 Å². The van der Waals surface area contributed by atoms with E-state index in [0.29, 0.717) is 6.54 Å². The highest BCUT2D eigenvalue weighted by Crippen LogP contribution is 2.12. The van der Waals surface area contributed by atoms with E-state index in [1.807, 2.05) is 36.6 Å². The molecule has 1 amide bonds. The fourth-order valence-electron chi connectivity index (χ4n) is 2.00. The van der Waals surface area contributed by atoms with Crippen molar-refractivity contribution < 1.29 is 4.79 Å². The summed E-state index contributed by atoms with van der Waals surface area (Å²) < 4.78 is 1.74. The van der Waals surface area contributed by atoms with E-state index >= 15 is 0 Å². The maximum atomic E-state index is 11.9.